The first-order chi connectivity index (χ1) is 9.40. The van der Waals surface area contributed by atoms with E-state index in [1.807, 2.05) is 27.7 Å². The van der Waals surface area contributed by atoms with Crippen LogP contribution in [-0.4, -0.2) is 37.2 Å². The number of methoxy groups -OCH3 is 2. The van der Waals surface area contributed by atoms with Crippen LogP contribution in [0.5, 0.6) is 11.5 Å². The van der Waals surface area contributed by atoms with Crippen molar-refractivity contribution >= 4 is 5.91 Å². The molecule has 0 aliphatic rings. The third kappa shape index (κ3) is 3.87. The van der Waals surface area contributed by atoms with E-state index in [-0.39, 0.29) is 18.0 Å². The van der Waals surface area contributed by atoms with Crippen molar-refractivity contribution in [3.05, 3.63) is 23.8 Å². The molecular formula is C15H24N2O3. The van der Waals surface area contributed by atoms with E-state index in [1.54, 1.807) is 37.4 Å². The van der Waals surface area contributed by atoms with Crippen LogP contribution in [0, 0.1) is 0 Å². The minimum absolute atomic E-state index is 0.0537. The predicted octanol–water partition coefficient (Wildman–Crippen LogP) is 2.47. The van der Waals surface area contributed by atoms with Crippen molar-refractivity contribution in [2.75, 3.05) is 14.2 Å². The third-order valence-corrected chi connectivity index (χ3v) is 2.76. The van der Waals surface area contributed by atoms with Crippen LogP contribution in [0.3, 0.4) is 0 Å². The normalized spacial score (nSPS) is 10.8. The van der Waals surface area contributed by atoms with Crippen LogP contribution >= 0.6 is 0 Å². The quantitative estimate of drug-likeness (QED) is 0.813. The lowest BCUT2D eigenvalue weighted by Crippen LogP contribution is -2.50. The Morgan fingerprint density at radius 1 is 1.10 bits per heavy atom. The zero-order chi connectivity index (χ0) is 15.3. The SMILES string of the molecule is COc1ccc(C(=O)N(NC(C)C)C(C)C)cc1OC. The summed E-state index contributed by atoms with van der Waals surface area (Å²) in [6.45, 7) is 7.93. The van der Waals surface area contributed by atoms with E-state index in [0.29, 0.717) is 17.1 Å². The van der Waals surface area contributed by atoms with Gasteiger partial charge in [0.1, 0.15) is 0 Å². The Kier molecular flexibility index (Phi) is 5.82. The molecule has 5 heteroatoms. The van der Waals surface area contributed by atoms with Gasteiger partial charge in [0.2, 0.25) is 0 Å². The van der Waals surface area contributed by atoms with Gasteiger partial charge in [0, 0.05) is 17.6 Å². The van der Waals surface area contributed by atoms with Gasteiger partial charge in [0.25, 0.3) is 5.91 Å². The minimum atomic E-state index is -0.0883. The highest BCUT2D eigenvalue weighted by atomic mass is 16.5. The summed E-state index contributed by atoms with van der Waals surface area (Å²) >= 11 is 0. The Hall–Kier alpha value is -1.75. The molecule has 0 aliphatic heterocycles. The lowest BCUT2D eigenvalue weighted by Gasteiger charge is -2.29. The van der Waals surface area contributed by atoms with Gasteiger partial charge >= 0.3 is 0 Å². The molecule has 0 aliphatic carbocycles. The number of nitrogens with zero attached hydrogens (tertiary/aromatic N) is 1. The number of rotatable bonds is 6. The van der Waals surface area contributed by atoms with E-state index in [2.05, 4.69) is 5.43 Å². The Balaban J connectivity index is 3.05. The topological polar surface area (TPSA) is 50.8 Å². The van der Waals surface area contributed by atoms with Gasteiger partial charge < -0.3 is 9.47 Å². The zero-order valence-corrected chi connectivity index (χ0v) is 13.1. The highest BCUT2D eigenvalue weighted by Crippen LogP contribution is 2.28. The summed E-state index contributed by atoms with van der Waals surface area (Å²) in [5, 5.41) is 1.63. The van der Waals surface area contributed by atoms with Gasteiger partial charge in [0.15, 0.2) is 11.5 Å². The molecule has 0 heterocycles. The van der Waals surface area contributed by atoms with Crippen molar-refractivity contribution in [1.29, 1.82) is 0 Å². The number of hydrazine groups is 1. The van der Waals surface area contributed by atoms with Gasteiger partial charge in [-0.05, 0) is 45.9 Å². The average Bonchev–Trinajstić information content (AvgIpc) is 2.42. The summed E-state index contributed by atoms with van der Waals surface area (Å²) < 4.78 is 10.4. The number of hydrogen-bond donors (Lipinski definition) is 1. The van der Waals surface area contributed by atoms with Crippen molar-refractivity contribution in [2.45, 2.75) is 39.8 Å². The molecule has 0 aromatic heterocycles. The second-order valence-corrected chi connectivity index (χ2v) is 5.12. The predicted molar refractivity (Wildman–Crippen MR) is 79.1 cm³/mol. The molecule has 0 radical (unpaired) electrons. The standard InChI is InChI=1S/C15H24N2O3/c1-10(2)16-17(11(3)4)15(18)12-7-8-13(19-5)14(9-12)20-6/h7-11,16H,1-6H3. The largest absolute Gasteiger partial charge is 0.493 e. The molecule has 0 unspecified atom stereocenters. The molecule has 0 saturated carbocycles. The number of amides is 1. The van der Waals surface area contributed by atoms with Gasteiger partial charge in [-0.15, -0.1) is 0 Å². The van der Waals surface area contributed by atoms with Crippen LogP contribution in [0.25, 0.3) is 0 Å². The molecule has 0 spiro atoms. The van der Waals surface area contributed by atoms with Gasteiger partial charge in [-0.1, -0.05) is 0 Å². The highest BCUT2D eigenvalue weighted by Gasteiger charge is 2.20. The van der Waals surface area contributed by atoms with Crippen molar-refractivity contribution in [2.24, 2.45) is 0 Å². The maximum atomic E-state index is 12.6. The van der Waals surface area contributed by atoms with Gasteiger partial charge in [-0.3, -0.25) is 9.80 Å². The van der Waals surface area contributed by atoms with Crippen LogP contribution in [0.2, 0.25) is 0 Å². The summed E-state index contributed by atoms with van der Waals surface area (Å²) in [5.41, 5.74) is 3.72. The van der Waals surface area contributed by atoms with Gasteiger partial charge in [0.05, 0.1) is 14.2 Å². The van der Waals surface area contributed by atoms with E-state index >= 15 is 0 Å². The lowest BCUT2D eigenvalue weighted by atomic mass is 10.1. The summed E-state index contributed by atoms with van der Waals surface area (Å²) in [6.07, 6.45) is 0. The van der Waals surface area contributed by atoms with Gasteiger partial charge in [-0.25, -0.2) is 5.43 Å². The first-order valence-electron chi connectivity index (χ1n) is 6.72. The number of nitrogens with one attached hydrogen (secondary N) is 1. The van der Waals surface area contributed by atoms with Crippen molar-refractivity contribution in [1.82, 2.24) is 10.4 Å². The Bertz CT molecular complexity index is 458. The molecular weight excluding hydrogens is 256 g/mol. The van der Waals surface area contributed by atoms with Crippen LogP contribution in [0.15, 0.2) is 18.2 Å². The molecule has 20 heavy (non-hydrogen) atoms. The Morgan fingerprint density at radius 2 is 1.70 bits per heavy atom. The van der Waals surface area contributed by atoms with Crippen molar-refractivity contribution in [3.8, 4) is 11.5 Å². The fourth-order valence-electron chi connectivity index (χ4n) is 1.83. The molecule has 1 rings (SSSR count). The first-order valence-corrected chi connectivity index (χ1v) is 6.72. The molecule has 1 aromatic rings. The average molecular weight is 280 g/mol. The smallest absolute Gasteiger partial charge is 0.268 e. The van der Waals surface area contributed by atoms with E-state index in [9.17, 15) is 4.79 Å². The number of hydrogen-bond acceptors (Lipinski definition) is 4. The maximum Gasteiger partial charge on any atom is 0.268 e. The summed E-state index contributed by atoms with van der Waals surface area (Å²) in [6, 6.07) is 5.40. The van der Waals surface area contributed by atoms with Crippen LogP contribution in [0.4, 0.5) is 0 Å². The fourth-order valence-corrected chi connectivity index (χ4v) is 1.83. The van der Waals surface area contributed by atoms with Crippen LogP contribution in [-0.2, 0) is 0 Å². The van der Waals surface area contributed by atoms with Gasteiger partial charge in [-0.2, -0.15) is 0 Å². The third-order valence-electron chi connectivity index (χ3n) is 2.76. The van der Waals surface area contributed by atoms with Crippen molar-refractivity contribution < 1.29 is 14.3 Å². The molecule has 0 fully saturated rings. The molecule has 0 bridgehead atoms. The number of ether oxygens (including phenoxy) is 2. The first kappa shape index (κ1) is 16.3. The summed E-state index contributed by atoms with van der Waals surface area (Å²) in [5.74, 6) is 1.07. The lowest BCUT2D eigenvalue weighted by molar-refractivity contribution is 0.0550. The second kappa shape index (κ2) is 7.14. The fraction of sp³-hybridized carbons (Fsp3) is 0.533. The molecule has 1 N–H and O–H groups in total. The van der Waals surface area contributed by atoms with E-state index in [1.165, 1.54) is 0 Å². The summed E-state index contributed by atoms with van der Waals surface area (Å²) in [7, 11) is 3.12. The molecule has 1 amide bonds. The van der Waals surface area contributed by atoms with E-state index in [4.69, 9.17) is 9.47 Å². The summed E-state index contributed by atoms with van der Waals surface area (Å²) in [4.78, 5) is 12.6. The molecule has 112 valence electrons. The van der Waals surface area contributed by atoms with Crippen LogP contribution in [0.1, 0.15) is 38.1 Å². The van der Waals surface area contributed by atoms with Crippen molar-refractivity contribution in [3.63, 3.8) is 0 Å². The maximum absolute atomic E-state index is 12.6. The zero-order valence-electron chi connectivity index (χ0n) is 13.1. The molecule has 1 aromatic carbocycles. The minimum Gasteiger partial charge on any atom is -0.493 e. The Labute approximate surface area is 120 Å². The Morgan fingerprint density at radius 3 is 2.15 bits per heavy atom. The number of benzene rings is 1. The van der Waals surface area contributed by atoms with E-state index in [0.717, 1.165) is 0 Å². The molecule has 0 saturated heterocycles. The van der Waals surface area contributed by atoms with Crippen LogP contribution < -0.4 is 14.9 Å². The number of carbonyl (C=O) groups is 1. The number of carbonyl (C=O) groups excluding carboxylic acids is 1. The van der Waals surface area contributed by atoms with E-state index < -0.39 is 0 Å². The second-order valence-electron chi connectivity index (χ2n) is 5.12. The highest BCUT2D eigenvalue weighted by molar-refractivity contribution is 5.94. The monoisotopic (exact) mass is 280 g/mol. The molecule has 0 atom stereocenters. The molecule has 5 nitrogen and oxygen atoms in total.